The number of rotatable bonds is 9. The summed E-state index contributed by atoms with van der Waals surface area (Å²) >= 11 is 0. The molecule has 0 fully saturated rings. The van der Waals surface area contributed by atoms with Gasteiger partial charge in [-0.15, -0.1) is 0 Å². The highest BCUT2D eigenvalue weighted by molar-refractivity contribution is 5.77. The van der Waals surface area contributed by atoms with Crippen LogP contribution in [0.15, 0.2) is 0 Å². The zero-order valence-corrected chi connectivity index (χ0v) is 12.6. The lowest BCUT2D eigenvalue weighted by Gasteiger charge is -2.22. The van der Waals surface area contributed by atoms with Crippen LogP contribution in [0.2, 0.25) is 0 Å². The van der Waals surface area contributed by atoms with Gasteiger partial charge < -0.3 is 5.11 Å². The molecule has 0 rings (SSSR count). The van der Waals surface area contributed by atoms with Gasteiger partial charge in [0, 0.05) is 6.42 Å². The second-order valence-corrected chi connectivity index (χ2v) is 5.77. The van der Waals surface area contributed by atoms with Crippen molar-refractivity contribution in [2.45, 2.75) is 53.4 Å². The summed E-state index contributed by atoms with van der Waals surface area (Å²) in [4.78, 5) is 23.0. The Morgan fingerprint density at radius 1 is 1.21 bits per heavy atom. The smallest absolute Gasteiger partial charge is 0.308 e. The van der Waals surface area contributed by atoms with Crippen LogP contribution < -0.4 is 5.84 Å². The molecule has 0 radical (unpaired) electrons. The molecule has 0 aromatic heterocycles. The third kappa shape index (κ3) is 7.82. The normalized spacial score (nSPS) is 14.2. The van der Waals surface area contributed by atoms with E-state index in [4.69, 9.17) is 10.9 Å². The first-order chi connectivity index (χ1) is 8.77. The number of carboxylic acid groups (broad SMARTS) is 1. The third-order valence-corrected chi connectivity index (χ3v) is 3.40. The standard InChI is InChI=1S/C14H28N2O3/c1-5-11(4)8-13(17)16(15)9-12(14(18)19)7-6-10(2)3/h10-12H,5-9,15H2,1-4H3,(H,18,19). The molecule has 2 unspecified atom stereocenters. The Balaban J connectivity index is 4.33. The van der Waals surface area contributed by atoms with Crippen LogP contribution in [-0.4, -0.2) is 28.5 Å². The second kappa shape index (κ2) is 8.91. The predicted octanol–water partition coefficient (Wildman–Crippen LogP) is 2.26. The van der Waals surface area contributed by atoms with E-state index in [0.717, 1.165) is 17.9 Å². The van der Waals surface area contributed by atoms with E-state index in [1.54, 1.807) is 0 Å². The molecular weight excluding hydrogens is 244 g/mol. The average molecular weight is 272 g/mol. The van der Waals surface area contributed by atoms with Crippen LogP contribution in [0.3, 0.4) is 0 Å². The summed E-state index contributed by atoms with van der Waals surface area (Å²) in [5.74, 6) is 4.78. The van der Waals surface area contributed by atoms with Crippen molar-refractivity contribution in [2.75, 3.05) is 6.54 Å². The number of hydrogen-bond acceptors (Lipinski definition) is 3. The molecule has 0 saturated heterocycles. The van der Waals surface area contributed by atoms with Crippen LogP contribution in [0.5, 0.6) is 0 Å². The van der Waals surface area contributed by atoms with Gasteiger partial charge in [0.2, 0.25) is 5.91 Å². The lowest BCUT2D eigenvalue weighted by Crippen LogP contribution is -2.43. The summed E-state index contributed by atoms with van der Waals surface area (Å²) < 4.78 is 0. The van der Waals surface area contributed by atoms with Crippen molar-refractivity contribution in [3.8, 4) is 0 Å². The summed E-state index contributed by atoms with van der Waals surface area (Å²) in [5.41, 5.74) is 0. The topological polar surface area (TPSA) is 83.6 Å². The van der Waals surface area contributed by atoms with Gasteiger partial charge in [0.25, 0.3) is 0 Å². The number of nitrogens with two attached hydrogens (primary N) is 1. The fraction of sp³-hybridized carbons (Fsp3) is 0.857. The molecule has 19 heavy (non-hydrogen) atoms. The maximum Gasteiger partial charge on any atom is 0.308 e. The summed E-state index contributed by atoms with van der Waals surface area (Å²) in [7, 11) is 0. The second-order valence-electron chi connectivity index (χ2n) is 5.77. The monoisotopic (exact) mass is 272 g/mol. The predicted molar refractivity (Wildman–Crippen MR) is 75.2 cm³/mol. The van der Waals surface area contributed by atoms with Gasteiger partial charge in [0.1, 0.15) is 0 Å². The van der Waals surface area contributed by atoms with Gasteiger partial charge in [-0.1, -0.05) is 40.5 Å². The number of nitrogens with zero attached hydrogens (tertiary/aromatic N) is 1. The summed E-state index contributed by atoms with van der Waals surface area (Å²) in [5, 5.41) is 10.2. The highest BCUT2D eigenvalue weighted by atomic mass is 16.4. The molecular formula is C14H28N2O3. The number of amides is 1. The molecule has 0 saturated carbocycles. The van der Waals surface area contributed by atoms with Crippen molar-refractivity contribution in [3.63, 3.8) is 0 Å². The van der Waals surface area contributed by atoms with Gasteiger partial charge >= 0.3 is 5.97 Å². The molecule has 5 heteroatoms. The fourth-order valence-corrected chi connectivity index (χ4v) is 1.73. The largest absolute Gasteiger partial charge is 0.481 e. The van der Waals surface area contributed by atoms with Crippen molar-refractivity contribution in [2.24, 2.45) is 23.6 Å². The minimum atomic E-state index is -0.882. The Morgan fingerprint density at radius 2 is 1.79 bits per heavy atom. The first-order valence-corrected chi connectivity index (χ1v) is 7.05. The number of hydrazine groups is 1. The van der Waals surface area contributed by atoms with Crippen molar-refractivity contribution in [1.29, 1.82) is 0 Å². The van der Waals surface area contributed by atoms with E-state index in [2.05, 4.69) is 0 Å². The Labute approximate surface area is 116 Å². The first-order valence-electron chi connectivity index (χ1n) is 7.05. The molecule has 0 aliphatic heterocycles. The number of carboxylic acids is 1. The molecule has 112 valence electrons. The molecule has 0 aromatic rings. The first kappa shape index (κ1) is 17.9. The lowest BCUT2D eigenvalue weighted by molar-refractivity contribution is -0.144. The zero-order chi connectivity index (χ0) is 15.0. The Morgan fingerprint density at radius 3 is 2.21 bits per heavy atom. The van der Waals surface area contributed by atoms with Crippen molar-refractivity contribution >= 4 is 11.9 Å². The van der Waals surface area contributed by atoms with E-state index < -0.39 is 11.9 Å². The molecule has 0 aromatic carbocycles. The third-order valence-electron chi connectivity index (χ3n) is 3.40. The highest BCUT2D eigenvalue weighted by Gasteiger charge is 2.23. The average Bonchev–Trinajstić information content (AvgIpc) is 2.32. The van der Waals surface area contributed by atoms with E-state index in [1.807, 2.05) is 27.7 Å². The maximum absolute atomic E-state index is 11.8. The quantitative estimate of drug-likeness (QED) is 0.383. The van der Waals surface area contributed by atoms with Gasteiger partial charge in [-0.2, -0.15) is 0 Å². The van der Waals surface area contributed by atoms with E-state index in [9.17, 15) is 9.59 Å². The minimum Gasteiger partial charge on any atom is -0.481 e. The van der Waals surface area contributed by atoms with Crippen LogP contribution in [0, 0.1) is 17.8 Å². The molecule has 0 spiro atoms. The minimum absolute atomic E-state index is 0.0946. The molecule has 0 aliphatic carbocycles. The van der Waals surface area contributed by atoms with Crippen LogP contribution in [0.4, 0.5) is 0 Å². The number of carbonyl (C=O) groups is 2. The Bertz CT molecular complexity index is 292. The van der Waals surface area contributed by atoms with E-state index in [-0.39, 0.29) is 18.4 Å². The van der Waals surface area contributed by atoms with Gasteiger partial charge in [0.05, 0.1) is 12.5 Å². The lowest BCUT2D eigenvalue weighted by atomic mass is 9.97. The van der Waals surface area contributed by atoms with Gasteiger partial charge in [0.15, 0.2) is 0 Å². The highest BCUT2D eigenvalue weighted by Crippen LogP contribution is 2.15. The summed E-state index contributed by atoms with van der Waals surface area (Å²) in [6.45, 7) is 8.19. The van der Waals surface area contributed by atoms with Crippen LogP contribution in [-0.2, 0) is 9.59 Å². The maximum atomic E-state index is 11.8. The molecule has 5 nitrogen and oxygen atoms in total. The van der Waals surface area contributed by atoms with Crippen molar-refractivity contribution in [1.82, 2.24) is 5.01 Å². The number of aliphatic carboxylic acids is 1. The van der Waals surface area contributed by atoms with Crippen LogP contribution in [0.1, 0.15) is 53.4 Å². The van der Waals surface area contributed by atoms with Crippen molar-refractivity contribution in [3.05, 3.63) is 0 Å². The summed E-state index contributed by atoms with van der Waals surface area (Å²) in [6, 6.07) is 0. The van der Waals surface area contributed by atoms with Gasteiger partial charge in [-0.3, -0.25) is 14.6 Å². The zero-order valence-electron chi connectivity index (χ0n) is 12.6. The van der Waals surface area contributed by atoms with Crippen LogP contribution in [0.25, 0.3) is 0 Å². The SMILES string of the molecule is CCC(C)CC(=O)N(N)CC(CCC(C)C)C(=O)O. The molecule has 0 bridgehead atoms. The Hall–Kier alpha value is -1.10. The van der Waals surface area contributed by atoms with Crippen molar-refractivity contribution < 1.29 is 14.7 Å². The molecule has 1 amide bonds. The Kier molecular flexibility index (Phi) is 8.39. The van der Waals surface area contributed by atoms with Gasteiger partial charge in [-0.25, -0.2) is 5.84 Å². The molecule has 0 aliphatic rings. The fourth-order valence-electron chi connectivity index (χ4n) is 1.73. The van der Waals surface area contributed by atoms with Gasteiger partial charge in [-0.05, 0) is 18.3 Å². The molecule has 0 heterocycles. The van der Waals surface area contributed by atoms with E-state index in [0.29, 0.717) is 18.8 Å². The van der Waals surface area contributed by atoms with E-state index in [1.165, 1.54) is 0 Å². The molecule has 2 atom stereocenters. The van der Waals surface area contributed by atoms with Crippen LogP contribution >= 0.6 is 0 Å². The summed E-state index contributed by atoms with van der Waals surface area (Å²) in [6.07, 6.45) is 2.67. The molecule has 3 N–H and O–H groups in total. The number of hydrogen-bond donors (Lipinski definition) is 2. The van der Waals surface area contributed by atoms with E-state index >= 15 is 0 Å². The number of carbonyl (C=O) groups excluding carboxylic acids is 1.